The highest BCUT2D eigenvalue weighted by Crippen LogP contribution is 2.36. The number of benzene rings is 1. The maximum atomic E-state index is 12.2. The molecule has 0 aliphatic carbocycles. The lowest BCUT2D eigenvalue weighted by atomic mass is 10.1. The predicted octanol–water partition coefficient (Wildman–Crippen LogP) is 3.50. The van der Waals surface area contributed by atoms with E-state index < -0.39 is 0 Å². The van der Waals surface area contributed by atoms with E-state index in [4.69, 9.17) is 25.8 Å². The van der Waals surface area contributed by atoms with E-state index in [1.165, 1.54) is 13.2 Å². The number of methoxy groups -OCH3 is 1. The molecule has 154 valence electrons. The van der Waals surface area contributed by atoms with Crippen molar-refractivity contribution in [3.05, 3.63) is 28.8 Å². The molecule has 7 nitrogen and oxygen atoms in total. The summed E-state index contributed by atoms with van der Waals surface area (Å²) in [5.41, 5.74) is 0.734. The lowest BCUT2D eigenvalue weighted by molar-refractivity contribution is -0.117. The lowest BCUT2D eigenvalue weighted by Gasteiger charge is -2.31. The molecule has 1 aromatic carbocycles. The van der Waals surface area contributed by atoms with Gasteiger partial charge in [-0.05, 0) is 50.5 Å². The van der Waals surface area contributed by atoms with E-state index in [-0.39, 0.29) is 18.0 Å². The van der Waals surface area contributed by atoms with Crippen LogP contribution in [0, 0.1) is 0 Å². The van der Waals surface area contributed by atoms with Crippen molar-refractivity contribution < 1.29 is 23.8 Å². The number of amides is 2. The van der Waals surface area contributed by atoms with Crippen LogP contribution in [0.4, 0.5) is 4.79 Å². The summed E-state index contributed by atoms with van der Waals surface area (Å²) in [6.07, 6.45) is 4.23. The Morgan fingerprint density at radius 3 is 2.57 bits per heavy atom. The molecule has 2 amide bonds. The van der Waals surface area contributed by atoms with Crippen LogP contribution in [0.2, 0.25) is 5.02 Å². The maximum absolute atomic E-state index is 12.2. The van der Waals surface area contributed by atoms with Crippen LogP contribution in [0.15, 0.2) is 18.2 Å². The van der Waals surface area contributed by atoms with Crippen molar-refractivity contribution in [1.29, 1.82) is 0 Å². The van der Waals surface area contributed by atoms with Gasteiger partial charge in [0.25, 0.3) is 0 Å². The van der Waals surface area contributed by atoms with Gasteiger partial charge in [-0.25, -0.2) is 4.79 Å². The predicted molar refractivity (Wildman–Crippen MR) is 108 cm³/mol. The smallest absolute Gasteiger partial charge is 0.409 e. The largest absolute Gasteiger partial charge is 0.493 e. The third-order valence-electron chi connectivity index (χ3n) is 4.33. The van der Waals surface area contributed by atoms with E-state index in [1.807, 2.05) is 6.92 Å². The van der Waals surface area contributed by atoms with Crippen LogP contribution >= 0.6 is 11.6 Å². The number of halogens is 1. The number of carbonyl (C=O) groups is 2. The van der Waals surface area contributed by atoms with Gasteiger partial charge in [0, 0.05) is 25.2 Å². The Kier molecular flexibility index (Phi) is 8.44. The van der Waals surface area contributed by atoms with E-state index in [2.05, 4.69) is 5.32 Å². The van der Waals surface area contributed by atoms with Crippen molar-refractivity contribution >= 4 is 29.7 Å². The Morgan fingerprint density at radius 1 is 1.25 bits per heavy atom. The van der Waals surface area contributed by atoms with Crippen LogP contribution in [0.5, 0.6) is 11.5 Å². The first-order valence-corrected chi connectivity index (χ1v) is 9.76. The Bertz CT molecular complexity index is 715. The minimum atomic E-state index is -0.298. The summed E-state index contributed by atoms with van der Waals surface area (Å²) in [5.74, 6) is 0.806. The molecule has 0 unspecified atom stereocenters. The van der Waals surface area contributed by atoms with Gasteiger partial charge in [0.15, 0.2) is 11.5 Å². The summed E-state index contributed by atoms with van der Waals surface area (Å²) >= 11 is 6.24. The Labute approximate surface area is 170 Å². The van der Waals surface area contributed by atoms with Gasteiger partial charge in [-0.2, -0.15) is 0 Å². The van der Waals surface area contributed by atoms with Crippen LogP contribution in [-0.4, -0.2) is 56.4 Å². The van der Waals surface area contributed by atoms with Gasteiger partial charge in [-0.15, -0.1) is 0 Å². The van der Waals surface area contributed by atoms with E-state index >= 15 is 0 Å². The molecule has 1 aliphatic rings. The minimum absolute atomic E-state index is 0.0290. The second kappa shape index (κ2) is 10.8. The van der Waals surface area contributed by atoms with Crippen LogP contribution in [0.1, 0.15) is 32.3 Å². The fraction of sp³-hybridized carbons (Fsp3) is 0.500. The van der Waals surface area contributed by atoms with E-state index in [0.29, 0.717) is 55.7 Å². The Hall–Kier alpha value is -2.41. The molecule has 8 heteroatoms. The first-order valence-electron chi connectivity index (χ1n) is 9.39. The second-order valence-electron chi connectivity index (χ2n) is 6.27. The van der Waals surface area contributed by atoms with Crippen LogP contribution in [0.25, 0.3) is 6.08 Å². The van der Waals surface area contributed by atoms with Crippen LogP contribution in [0.3, 0.4) is 0 Å². The number of carbonyl (C=O) groups excluding carboxylic acids is 2. The molecule has 0 spiro atoms. The highest BCUT2D eigenvalue weighted by Gasteiger charge is 2.24. The van der Waals surface area contributed by atoms with Crippen molar-refractivity contribution in [3.63, 3.8) is 0 Å². The minimum Gasteiger partial charge on any atom is -0.493 e. The summed E-state index contributed by atoms with van der Waals surface area (Å²) in [6.45, 7) is 5.62. The standard InChI is InChI=1S/C20H27ClN2O5/c1-4-27-19-16(21)12-14(13-17(19)26-3)6-7-18(24)22-15-8-10-23(11-9-15)20(25)28-5-2/h6-7,12-13,15H,4-5,8-11H2,1-3H3,(H,22,24)/b7-6+. The third-order valence-corrected chi connectivity index (χ3v) is 4.62. The summed E-state index contributed by atoms with van der Waals surface area (Å²) in [6, 6.07) is 3.51. The molecule has 1 fully saturated rings. The molecule has 2 rings (SSSR count). The average molecular weight is 411 g/mol. The third kappa shape index (κ3) is 6.05. The van der Waals surface area contributed by atoms with Gasteiger partial charge >= 0.3 is 6.09 Å². The summed E-state index contributed by atoms with van der Waals surface area (Å²) in [7, 11) is 1.54. The quantitative estimate of drug-likeness (QED) is 0.696. The first kappa shape index (κ1) is 21.9. The fourth-order valence-corrected chi connectivity index (χ4v) is 3.24. The van der Waals surface area contributed by atoms with Crippen LogP contribution in [-0.2, 0) is 9.53 Å². The monoisotopic (exact) mass is 410 g/mol. The van der Waals surface area contributed by atoms with Gasteiger partial charge in [-0.3, -0.25) is 4.79 Å². The zero-order valence-corrected chi connectivity index (χ0v) is 17.3. The van der Waals surface area contributed by atoms with Gasteiger partial charge < -0.3 is 24.4 Å². The van der Waals surface area contributed by atoms with Crippen molar-refractivity contribution in [2.24, 2.45) is 0 Å². The Balaban J connectivity index is 1.90. The molecule has 0 radical (unpaired) electrons. The molecule has 1 N–H and O–H groups in total. The molecule has 1 saturated heterocycles. The number of nitrogens with zero attached hydrogens (tertiary/aromatic N) is 1. The molecule has 28 heavy (non-hydrogen) atoms. The molecule has 1 aliphatic heterocycles. The van der Waals surface area contributed by atoms with E-state index in [1.54, 1.807) is 30.0 Å². The van der Waals surface area contributed by atoms with Crippen molar-refractivity contribution in [2.75, 3.05) is 33.4 Å². The molecular weight excluding hydrogens is 384 g/mol. The molecule has 0 atom stereocenters. The SMILES string of the molecule is CCOC(=O)N1CCC(NC(=O)/C=C/c2cc(Cl)c(OCC)c(OC)c2)CC1. The van der Waals surface area contributed by atoms with Gasteiger partial charge in [-0.1, -0.05) is 11.6 Å². The maximum Gasteiger partial charge on any atom is 0.409 e. The molecule has 0 bridgehead atoms. The second-order valence-corrected chi connectivity index (χ2v) is 6.68. The van der Waals surface area contributed by atoms with E-state index in [0.717, 1.165) is 5.56 Å². The zero-order chi connectivity index (χ0) is 20.5. The molecule has 0 aromatic heterocycles. The van der Waals surface area contributed by atoms with Crippen molar-refractivity contribution in [2.45, 2.75) is 32.7 Å². The number of hydrogen-bond acceptors (Lipinski definition) is 5. The Morgan fingerprint density at radius 2 is 1.96 bits per heavy atom. The highest BCUT2D eigenvalue weighted by molar-refractivity contribution is 6.32. The topological polar surface area (TPSA) is 77.1 Å². The van der Waals surface area contributed by atoms with E-state index in [9.17, 15) is 9.59 Å². The first-order chi connectivity index (χ1) is 13.5. The number of nitrogens with one attached hydrogen (secondary N) is 1. The zero-order valence-electron chi connectivity index (χ0n) is 16.5. The number of likely N-dealkylation sites (tertiary alicyclic amines) is 1. The van der Waals surface area contributed by atoms with Gasteiger partial charge in [0.05, 0.1) is 25.3 Å². The summed E-state index contributed by atoms with van der Waals surface area (Å²) in [4.78, 5) is 25.6. The summed E-state index contributed by atoms with van der Waals surface area (Å²) < 4.78 is 15.8. The average Bonchev–Trinajstić information content (AvgIpc) is 2.69. The van der Waals surface area contributed by atoms with Crippen LogP contribution < -0.4 is 14.8 Å². The highest BCUT2D eigenvalue weighted by atomic mass is 35.5. The number of rotatable bonds is 7. The number of ether oxygens (including phenoxy) is 3. The fourth-order valence-electron chi connectivity index (χ4n) is 2.96. The van der Waals surface area contributed by atoms with Crippen molar-refractivity contribution in [3.8, 4) is 11.5 Å². The molecular formula is C20H27ClN2O5. The summed E-state index contributed by atoms with van der Waals surface area (Å²) in [5, 5.41) is 3.39. The lowest BCUT2D eigenvalue weighted by Crippen LogP contribution is -2.46. The number of piperidine rings is 1. The normalized spacial score (nSPS) is 14.8. The molecule has 1 aromatic rings. The van der Waals surface area contributed by atoms with Gasteiger partial charge in [0.2, 0.25) is 5.91 Å². The van der Waals surface area contributed by atoms with Crippen molar-refractivity contribution in [1.82, 2.24) is 10.2 Å². The molecule has 1 heterocycles. The van der Waals surface area contributed by atoms with Gasteiger partial charge in [0.1, 0.15) is 0 Å². The number of hydrogen-bond donors (Lipinski definition) is 1. The molecule has 0 saturated carbocycles.